The molecule has 0 unspecified atom stereocenters. The second-order valence-electron chi connectivity index (χ2n) is 2.25. The second-order valence-corrected chi connectivity index (χ2v) is 3.06. The number of carboxylic acid groups (broad SMARTS) is 1. The van der Waals surface area contributed by atoms with Gasteiger partial charge in [-0.3, -0.25) is 5.10 Å². The molecule has 0 fully saturated rings. The largest absolute Gasteiger partial charge is 0.477 e. The van der Waals surface area contributed by atoms with Crippen LogP contribution in [0.3, 0.4) is 0 Å². The summed E-state index contributed by atoms with van der Waals surface area (Å²) in [5.41, 5.74) is 0.579. The normalized spacial score (nSPS) is 10.8. The van der Waals surface area contributed by atoms with E-state index in [1.807, 2.05) is 0 Å². The first-order chi connectivity index (χ1) is 5.68. The minimum absolute atomic E-state index is 0.167. The zero-order valence-electron chi connectivity index (χ0n) is 5.78. The van der Waals surface area contributed by atoms with Crippen LogP contribution < -0.4 is 0 Å². The average Bonchev–Trinajstić information content (AvgIpc) is 2.43. The zero-order chi connectivity index (χ0) is 8.72. The number of aromatic nitrogens is 3. The van der Waals surface area contributed by atoms with E-state index in [1.165, 1.54) is 10.7 Å². The molecule has 0 aliphatic heterocycles. The Morgan fingerprint density at radius 1 is 1.75 bits per heavy atom. The van der Waals surface area contributed by atoms with Crippen LogP contribution in [0.25, 0.3) is 5.65 Å². The Balaban J connectivity index is 2.76. The van der Waals surface area contributed by atoms with Crippen molar-refractivity contribution >= 4 is 27.5 Å². The van der Waals surface area contributed by atoms with Gasteiger partial charge in [-0.1, -0.05) is 0 Å². The molecule has 0 aliphatic rings. The molecular weight excluding hydrogens is 226 g/mol. The molecule has 2 aromatic heterocycles. The van der Waals surface area contributed by atoms with Gasteiger partial charge in [0.2, 0.25) is 0 Å². The highest BCUT2D eigenvalue weighted by Gasteiger charge is 2.12. The maximum atomic E-state index is 10.6. The van der Waals surface area contributed by atoms with Crippen LogP contribution in [0.4, 0.5) is 0 Å². The highest BCUT2D eigenvalue weighted by molar-refractivity contribution is 9.10. The number of aromatic carboxylic acids is 1. The maximum absolute atomic E-state index is 10.6. The predicted molar refractivity (Wildman–Crippen MR) is 44.2 cm³/mol. The fourth-order valence-corrected chi connectivity index (χ4v) is 1.37. The van der Waals surface area contributed by atoms with Crippen molar-refractivity contribution in [2.75, 3.05) is 0 Å². The summed E-state index contributed by atoms with van der Waals surface area (Å²) in [6.07, 6.45) is 3.05. The third-order valence-electron chi connectivity index (χ3n) is 1.50. The third kappa shape index (κ3) is 0.918. The van der Waals surface area contributed by atoms with Crippen molar-refractivity contribution in [1.82, 2.24) is 14.6 Å². The lowest BCUT2D eigenvalue weighted by atomic mass is 10.3. The number of carboxylic acids is 1. The molecule has 2 heterocycles. The number of halogens is 1. The van der Waals surface area contributed by atoms with Gasteiger partial charge in [0.25, 0.3) is 0 Å². The van der Waals surface area contributed by atoms with Crippen molar-refractivity contribution in [3.63, 3.8) is 0 Å². The van der Waals surface area contributed by atoms with Gasteiger partial charge in [-0.25, -0.2) is 14.3 Å². The Hall–Kier alpha value is -1.30. The highest BCUT2D eigenvalue weighted by atomic mass is 79.9. The van der Waals surface area contributed by atoms with E-state index in [1.54, 1.807) is 6.20 Å². The number of fused-ring (bicyclic) bond motifs is 1. The van der Waals surface area contributed by atoms with Crippen molar-refractivity contribution < 1.29 is 9.90 Å². The van der Waals surface area contributed by atoms with E-state index in [2.05, 4.69) is 26.0 Å². The lowest BCUT2D eigenvalue weighted by molar-refractivity contribution is 0.0699. The number of carbonyl (C=O) groups is 1. The Morgan fingerprint density at radius 2 is 2.50 bits per heavy atom. The average molecular weight is 230 g/mol. The first kappa shape index (κ1) is 7.35. The number of aromatic amines is 1. The molecule has 6 heteroatoms. The number of hydrogen-bond donors (Lipinski definition) is 2. The Kier molecular flexibility index (Phi) is 1.44. The molecule has 0 aromatic carbocycles. The molecule has 12 heavy (non-hydrogen) atoms. The second kappa shape index (κ2) is 2.34. The summed E-state index contributed by atoms with van der Waals surface area (Å²) in [5.74, 6) is -0.987. The van der Waals surface area contributed by atoms with E-state index >= 15 is 0 Å². The van der Waals surface area contributed by atoms with Crippen LogP contribution in [0.15, 0.2) is 17.0 Å². The minimum Gasteiger partial charge on any atom is -0.477 e. The van der Waals surface area contributed by atoms with Crippen molar-refractivity contribution in [3.05, 3.63) is 22.6 Å². The molecule has 62 valence electrons. The van der Waals surface area contributed by atoms with Crippen LogP contribution in [0.5, 0.6) is 0 Å². The fourth-order valence-electron chi connectivity index (χ4n) is 0.996. The number of nitrogens with zero attached hydrogens (tertiary/aromatic N) is 2. The molecule has 2 N–H and O–H groups in total. The van der Waals surface area contributed by atoms with Gasteiger partial charge >= 0.3 is 5.97 Å². The number of hydrogen-bond acceptors (Lipinski definition) is 2. The summed E-state index contributed by atoms with van der Waals surface area (Å²) >= 11 is 3.14. The zero-order valence-corrected chi connectivity index (χ0v) is 7.37. The quantitative estimate of drug-likeness (QED) is 0.771. The predicted octanol–water partition coefficient (Wildman–Crippen LogP) is 1.12. The van der Waals surface area contributed by atoms with Crippen molar-refractivity contribution in [3.8, 4) is 0 Å². The minimum atomic E-state index is -0.987. The molecule has 2 rings (SSSR count). The highest BCUT2D eigenvalue weighted by Crippen LogP contribution is 2.13. The number of nitrogens with one attached hydrogen (secondary N) is 1. The van der Waals surface area contributed by atoms with Gasteiger partial charge in [0, 0.05) is 6.20 Å². The third-order valence-corrected chi connectivity index (χ3v) is 1.88. The summed E-state index contributed by atoms with van der Waals surface area (Å²) in [6.45, 7) is 0. The molecule has 0 bridgehead atoms. The lowest BCUT2D eigenvalue weighted by Gasteiger charge is -1.82. The van der Waals surface area contributed by atoms with Gasteiger partial charge in [-0.15, -0.1) is 0 Å². The Morgan fingerprint density at radius 3 is 3.17 bits per heavy atom. The van der Waals surface area contributed by atoms with Crippen LogP contribution >= 0.6 is 15.9 Å². The number of rotatable bonds is 1. The van der Waals surface area contributed by atoms with Crippen LogP contribution in [0, 0.1) is 0 Å². The molecule has 0 radical (unpaired) electrons. The van der Waals surface area contributed by atoms with Gasteiger partial charge in [0.1, 0.15) is 10.2 Å². The summed E-state index contributed by atoms with van der Waals surface area (Å²) in [5, 5.41) is 11.4. The molecular formula is C6H4BrN3O2. The van der Waals surface area contributed by atoms with Gasteiger partial charge in [0.15, 0.2) is 5.65 Å². The molecule has 0 amide bonds. The standard InChI is InChI=1S/C6H4BrN3O2/c7-4-2-10-5(9-4)3(1-8-10)6(11)12/h1-2,8H,(H,11,12). The van der Waals surface area contributed by atoms with E-state index in [0.717, 1.165) is 0 Å². The monoisotopic (exact) mass is 229 g/mol. The summed E-state index contributed by atoms with van der Waals surface area (Å²) < 4.78 is 2.14. The molecule has 0 atom stereocenters. The van der Waals surface area contributed by atoms with Crippen LogP contribution in [-0.4, -0.2) is 25.7 Å². The van der Waals surface area contributed by atoms with Crippen molar-refractivity contribution in [2.45, 2.75) is 0 Å². The fraction of sp³-hybridized carbons (Fsp3) is 0. The molecule has 0 saturated carbocycles. The lowest BCUT2D eigenvalue weighted by Crippen LogP contribution is -1.94. The van der Waals surface area contributed by atoms with Crippen LogP contribution in [-0.2, 0) is 0 Å². The first-order valence-electron chi connectivity index (χ1n) is 3.14. The van der Waals surface area contributed by atoms with Gasteiger partial charge in [0.05, 0.1) is 6.20 Å². The smallest absolute Gasteiger partial charge is 0.341 e. The molecule has 0 spiro atoms. The Bertz CT molecular complexity index is 445. The van der Waals surface area contributed by atoms with Crippen LogP contribution in [0.2, 0.25) is 0 Å². The summed E-state index contributed by atoms with van der Waals surface area (Å²) in [4.78, 5) is 14.6. The molecule has 5 nitrogen and oxygen atoms in total. The number of imidazole rings is 1. The first-order valence-corrected chi connectivity index (χ1v) is 3.93. The van der Waals surface area contributed by atoms with E-state index in [0.29, 0.717) is 10.3 Å². The summed E-state index contributed by atoms with van der Waals surface area (Å²) in [7, 11) is 0. The van der Waals surface area contributed by atoms with Gasteiger partial charge in [-0.05, 0) is 15.9 Å². The topological polar surface area (TPSA) is 70.4 Å². The van der Waals surface area contributed by atoms with E-state index in [-0.39, 0.29) is 5.56 Å². The number of H-pyrrole nitrogens is 1. The van der Waals surface area contributed by atoms with E-state index in [4.69, 9.17) is 5.11 Å². The van der Waals surface area contributed by atoms with E-state index in [9.17, 15) is 4.79 Å². The Labute approximate surface area is 75.1 Å². The van der Waals surface area contributed by atoms with Gasteiger partial charge in [-0.2, -0.15) is 0 Å². The van der Waals surface area contributed by atoms with Crippen molar-refractivity contribution in [2.24, 2.45) is 0 Å². The van der Waals surface area contributed by atoms with Crippen molar-refractivity contribution in [1.29, 1.82) is 0 Å². The van der Waals surface area contributed by atoms with Crippen LogP contribution in [0.1, 0.15) is 10.4 Å². The van der Waals surface area contributed by atoms with Gasteiger partial charge < -0.3 is 5.11 Å². The van der Waals surface area contributed by atoms with E-state index < -0.39 is 5.97 Å². The maximum Gasteiger partial charge on any atom is 0.341 e. The molecule has 0 saturated heterocycles. The molecule has 0 aliphatic carbocycles. The summed E-state index contributed by atoms with van der Waals surface area (Å²) in [6, 6.07) is 0. The SMILES string of the molecule is O=C(O)c1c[nH]n2cc(Br)nc12. The molecule has 2 aromatic rings.